The summed E-state index contributed by atoms with van der Waals surface area (Å²) in [4.78, 5) is 8.33. The molecule has 0 aliphatic carbocycles. The molecule has 0 bridgehead atoms. The van der Waals surface area contributed by atoms with E-state index in [0.29, 0.717) is 5.25 Å². The molecule has 12 heavy (non-hydrogen) atoms. The Balaban J connectivity index is 1.94. The molecule has 4 heteroatoms. The van der Waals surface area contributed by atoms with Gasteiger partial charge in [0.25, 0.3) is 0 Å². The van der Waals surface area contributed by atoms with Crippen LogP contribution in [0.4, 0.5) is 0 Å². The molecule has 1 saturated heterocycles. The van der Waals surface area contributed by atoms with Crippen LogP contribution in [0.2, 0.25) is 0 Å². The summed E-state index contributed by atoms with van der Waals surface area (Å²) in [5.41, 5.74) is 0. The van der Waals surface area contributed by atoms with Crippen LogP contribution in [0.25, 0.3) is 0 Å². The lowest BCUT2D eigenvalue weighted by molar-refractivity contribution is 0.857. The van der Waals surface area contributed by atoms with Gasteiger partial charge in [0.05, 0.1) is 0 Å². The fraction of sp³-hybridized carbons (Fsp3) is 0.500. The molecule has 2 rings (SSSR count). The molecule has 0 unspecified atom stereocenters. The highest BCUT2D eigenvalue weighted by Crippen LogP contribution is 2.22. The Morgan fingerprint density at radius 2 is 2.25 bits per heavy atom. The van der Waals surface area contributed by atoms with Crippen LogP contribution in [-0.2, 0) is 0 Å². The smallest absolute Gasteiger partial charge is 0.187 e. The first kappa shape index (κ1) is 8.01. The summed E-state index contributed by atoms with van der Waals surface area (Å²) in [5, 5.41) is 4.87. The SMILES string of the molecule is c1cnc(S[C@H]2CCNC2)nc1. The van der Waals surface area contributed by atoms with Gasteiger partial charge < -0.3 is 5.32 Å². The van der Waals surface area contributed by atoms with Crippen molar-refractivity contribution in [3.63, 3.8) is 0 Å². The second kappa shape index (κ2) is 3.87. The van der Waals surface area contributed by atoms with E-state index in [1.54, 1.807) is 24.2 Å². The number of thioether (sulfide) groups is 1. The van der Waals surface area contributed by atoms with E-state index in [-0.39, 0.29) is 0 Å². The largest absolute Gasteiger partial charge is 0.316 e. The molecule has 0 radical (unpaired) electrons. The van der Waals surface area contributed by atoms with Crippen molar-refractivity contribution in [2.75, 3.05) is 13.1 Å². The van der Waals surface area contributed by atoms with Gasteiger partial charge in [0.2, 0.25) is 0 Å². The zero-order valence-corrected chi connectivity index (χ0v) is 7.55. The van der Waals surface area contributed by atoms with Crippen LogP contribution in [0.3, 0.4) is 0 Å². The van der Waals surface area contributed by atoms with Gasteiger partial charge in [0.1, 0.15) is 0 Å². The maximum atomic E-state index is 4.17. The monoisotopic (exact) mass is 181 g/mol. The fourth-order valence-electron chi connectivity index (χ4n) is 1.22. The third kappa shape index (κ3) is 1.95. The van der Waals surface area contributed by atoms with Gasteiger partial charge >= 0.3 is 0 Å². The Morgan fingerprint density at radius 3 is 2.92 bits per heavy atom. The number of hydrogen-bond acceptors (Lipinski definition) is 4. The number of nitrogens with one attached hydrogen (secondary N) is 1. The number of aromatic nitrogens is 2. The lowest BCUT2D eigenvalue weighted by Gasteiger charge is -2.04. The molecule has 3 nitrogen and oxygen atoms in total. The van der Waals surface area contributed by atoms with Gasteiger partial charge in [-0.15, -0.1) is 0 Å². The van der Waals surface area contributed by atoms with Crippen LogP contribution >= 0.6 is 11.8 Å². The zero-order valence-electron chi connectivity index (χ0n) is 6.73. The highest BCUT2D eigenvalue weighted by atomic mass is 32.2. The molecule has 0 spiro atoms. The highest BCUT2D eigenvalue weighted by molar-refractivity contribution is 7.99. The Bertz CT molecular complexity index is 233. The lowest BCUT2D eigenvalue weighted by Crippen LogP contribution is -2.10. The van der Waals surface area contributed by atoms with Crippen LogP contribution in [0, 0.1) is 0 Å². The summed E-state index contributed by atoms with van der Waals surface area (Å²) in [6, 6.07) is 1.84. The van der Waals surface area contributed by atoms with Gasteiger partial charge in [-0.05, 0) is 19.0 Å². The minimum atomic E-state index is 0.660. The molecule has 0 saturated carbocycles. The van der Waals surface area contributed by atoms with E-state index in [9.17, 15) is 0 Å². The van der Waals surface area contributed by atoms with E-state index in [0.717, 1.165) is 18.2 Å². The van der Waals surface area contributed by atoms with Crippen LogP contribution in [-0.4, -0.2) is 28.3 Å². The molecule has 1 aromatic heterocycles. The first-order chi connectivity index (χ1) is 5.95. The number of nitrogens with zero attached hydrogens (tertiary/aromatic N) is 2. The predicted octanol–water partition coefficient (Wildman–Crippen LogP) is 0.931. The molecule has 1 aromatic rings. The topological polar surface area (TPSA) is 37.8 Å². The van der Waals surface area contributed by atoms with Crippen molar-refractivity contribution in [2.24, 2.45) is 0 Å². The normalized spacial score (nSPS) is 22.8. The first-order valence-corrected chi connectivity index (χ1v) is 4.97. The van der Waals surface area contributed by atoms with Crippen LogP contribution in [0.5, 0.6) is 0 Å². The maximum absolute atomic E-state index is 4.17. The summed E-state index contributed by atoms with van der Waals surface area (Å²) >= 11 is 1.77. The van der Waals surface area contributed by atoms with E-state index in [2.05, 4.69) is 15.3 Å². The Morgan fingerprint density at radius 1 is 1.42 bits per heavy atom. The Kier molecular flexibility index (Phi) is 2.58. The average Bonchev–Trinajstić information content (AvgIpc) is 2.59. The maximum Gasteiger partial charge on any atom is 0.187 e. The van der Waals surface area contributed by atoms with Crippen molar-refractivity contribution in [1.29, 1.82) is 0 Å². The number of hydrogen-bond donors (Lipinski definition) is 1. The Labute approximate surface area is 76.0 Å². The van der Waals surface area contributed by atoms with E-state index in [1.165, 1.54) is 6.42 Å². The van der Waals surface area contributed by atoms with Gasteiger partial charge in [0, 0.05) is 24.2 Å². The summed E-state index contributed by atoms with van der Waals surface area (Å²) in [5.74, 6) is 0. The number of rotatable bonds is 2. The minimum absolute atomic E-state index is 0.660. The molecule has 2 heterocycles. The third-order valence-corrected chi connectivity index (χ3v) is 2.99. The third-order valence-electron chi connectivity index (χ3n) is 1.83. The lowest BCUT2D eigenvalue weighted by atomic mass is 10.4. The molecule has 64 valence electrons. The molecule has 1 fully saturated rings. The van der Waals surface area contributed by atoms with Gasteiger partial charge in [-0.1, -0.05) is 11.8 Å². The van der Waals surface area contributed by atoms with E-state index in [1.807, 2.05) is 6.07 Å². The minimum Gasteiger partial charge on any atom is -0.316 e. The van der Waals surface area contributed by atoms with Crippen LogP contribution in [0.15, 0.2) is 23.6 Å². The van der Waals surface area contributed by atoms with Gasteiger partial charge in [-0.2, -0.15) is 0 Å². The van der Waals surface area contributed by atoms with E-state index < -0.39 is 0 Å². The van der Waals surface area contributed by atoms with Crippen molar-refractivity contribution in [3.8, 4) is 0 Å². The van der Waals surface area contributed by atoms with E-state index in [4.69, 9.17) is 0 Å². The summed E-state index contributed by atoms with van der Waals surface area (Å²) in [6.45, 7) is 2.22. The Hall–Kier alpha value is -0.610. The van der Waals surface area contributed by atoms with Gasteiger partial charge in [-0.25, -0.2) is 9.97 Å². The van der Waals surface area contributed by atoms with Crippen molar-refractivity contribution in [3.05, 3.63) is 18.5 Å². The first-order valence-electron chi connectivity index (χ1n) is 4.09. The second-order valence-corrected chi connectivity index (χ2v) is 4.03. The summed E-state index contributed by atoms with van der Waals surface area (Å²) < 4.78 is 0. The molecule has 1 N–H and O–H groups in total. The van der Waals surface area contributed by atoms with Gasteiger partial charge in [0.15, 0.2) is 5.16 Å². The summed E-state index contributed by atoms with van der Waals surface area (Å²) in [7, 11) is 0. The molecule has 1 atom stereocenters. The summed E-state index contributed by atoms with van der Waals surface area (Å²) in [6.07, 6.45) is 4.80. The average molecular weight is 181 g/mol. The van der Waals surface area contributed by atoms with Crippen molar-refractivity contribution in [2.45, 2.75) is 16.8 Å². The van der Waals surface area contributed by atoms with Crippen LogP contribution in [0.1, 0.15) is 6.42 Å². The van der Waals surface area contributed by atoms with Crippen LogP contribution < -0.4 is 5.32 Å². The molecule has 1 aliphatic rings. The van der Waals surface area contributed by atoms with E-state index >= 15 is 0 Å². The highest BCUT2D eigenvalue weighted by Gasteiger charge is 2.16. The molecular formula is C8H11N3S. The standard InChI is InChI=1S/C8H11N3S/c1-3-10-8(11-4-1)12-7-2-5-9-6-7/h1,3-4,7,9H,2,5-6H2/t7-/m0/s1. The quantitative estimate of drug-likeness (QED) is 0.689. The van der Waals surface area contributed by atoms with Crippen molar-refractivity contribution >= 4 is 11.8 Å². The van der Waals surface area contributed by atoms with Crippen molar-refractivity contribution < 1.29 is 0 Å². The molecular weight excluding hydrogens is 170 g/mol. The predicted molar refractivity (Wildman–Crippen MR) is 49.2 cm³/mol. The zero-order chi connectivity index (χ0) is 8.23. The van der Waals surface area contributed by atoms with Gasteiger partial charge in [-0.3, -0.25) is 0 Å². The fourth-order valence-corrected chi connectivity index (χ4v) is 2.20. The van der Waals surface area contributed by atoms with Crippen molar-refractivity contribution in [1.82, 2.24) is 15.3 Å². The molecule has 1 aliphatic heterocycles. The molecule has 0 amide bonds. The molecule has 0 aromatic carbocycles. The second-order valence-electron chi connectivity index (χ2n) is 2.76.